The topological polar surface area (TPSA) is 82.6 Å². The number of nitrogens with zero attached hydrogens (tertiary/aromatic N) is 3. The molecule has 2 aromatic carbocycles. The van der Waals surface area contributed by atoms with Gasteiger partial charge in [-0.2, -0.15) is 0 Å². The van der Waals surface area contributed by atoms with Crippen molar-refractivity contribution in [3.05, 3.63) is 59.7 Å². The van der Waals surface area contributed by atoms with Crippen LogP contribution in [0, 0.1) is 0 Å². The Morgan fingerprint density at radius 1 is 0.912 bits per heavy atom. The number of aromatic hydroxyl groups is 1. The van der Waals surface area contributed by atoms with Crippen molar-refractivity contribution in [2.45, 2.75) is 37.9 Å². The number of carbonyl (C=O) groups is 2. The van der Waals surface area contributed by atoms with E-state index in [1.165, 1.54) is 4.90 Å². The van der Waals surface area contributed by atoms with Gasteiger partial charge in [-0.1, -0.05) is 24.3 Å². The van der Waals surface area contributed by atoms with Crippen molar-refractivity contribution in [1.29, 1.82) is 0 Å². The van der Waals surface area contributed by atoms with Crippen molar-refractivity contribution >= 4 is 11.9 Å². The Labute approximate surface area is 200 Å². The second kappa shape index (κ2) is 10.4. The molecule has 0 saturated carbocycles. The Balaban J connectivity index is 1.49. The van der Waals surface area contributed by atoms with Gasteiger partial charge < -0.3 is 19.5 Å². The highest BCUT2D eigenvalue weighted by Gasteiger charge is 2.57. The van der Waals surface area contributed by atoms with Crippen LogP contribution in [0.3, 0.4) is 0 Å². The third kappa shape index (κ3) is 4.88. The maximum absolute atomic E-state index is 13.7. The number of amides is 3. The van der Waals surface area contributed by atoms with E-state index in [2.05, 4.69) is 4.90 Å². The smallest absolute Gasteiger partial charge is 0.327 e. The van der Waals surface area contributed by atoms with E-state index in [4.69, 9.17) is 9.47 Å². The first-order valence-corrected chi connectivity index (χ1v) is 11.7. The van der Waals surface area contributed by atoms with Gasteiger partial charge in [0.1, 0.15) is 17.0 Å². The Morgan fingerprint density at radius 2 is 1.53 bits per heavy atom. The van der Waals surface area contributed by atoms with Crippen molar-refractivity contribution in [3.63, 3.8) is 0 Å². The number of imide groups is 1. The molecule has 0 bridgehead atoms. The standard InChI is InChI=1S/C26H33N3O5/c1-33-17-3-14-29-25(32)28(19-21-6-10-23(34-2)11-7-21)24(31)26(29)12-15-27(16-13-26)18-20-4-8-22(30)9-5-20/h4-11,30H,3,12-19H2,1-2H3. The lowest BCUT2D eigenvalue weighted by atomic mass is 9.85. The first-order chi connectivity index (χ1) is 16.5. The van der Waals surface area contributed by atoms with Gasteiger partial charge in [0.2, 0.25) is 0 Å². The first kappa shape index (κ1) is 24.0. The van der Waals surface area contributed by atoms with Gasteiger partial charge in [0, 0.05) is 39.9 Å². The van der Waals surface area contributed by atoms with Crippen molar-refractivity contribution in [3.8, 4) is 11.5 Å². The van der Waals surface area contributed by atoms with Gasteiger partial charge in [-0.25, -0.2) is 4.79 Å². The third-order valence-corrected chi connectivity index (χ3v) is 6.88. The molecule has 2 aliphatic heterocycles. The summed E-state index contributed by atoms with van der Waals surface area (Å²) in [4.78, 5) is 32.7. The number of ether oxygens (including phenoxy) is 2. The lowest BCUT2D eigenvalue weighted by Crippen LogP contribution is -2.56. The quantitative estimate of drug-likeness (QED) is 0.450. The molecule has 1 N–H and O–H groups in total. The molecule has 2 aliphatic rings. The fourth-order valence-electron chi connectivity index (χ4n) is 4.94. The molecule has 1 spiro atoms. The molecule has 0 atom stereocenters. The van der Waals surface area contributed by atoms with Crippen molar-refractivity contribution in [2.75, 3.05) is 40.5 Å². The summed E-state index contributed by atoms with van der Waals surface area (Å²) in [5, 5.41) is 9.52. The summed E-state index contributed by atoms with van der Waals surface area (Å²) >= 11 is 0. The predicted molar refractivity (Wildman–Crippen MR) is 127 cm³/mol. The van der Waals surface area contributed by atoms with Gasteiger partial charge in [-0.3, -0.25) is 14.6 Å². The number of phenols is 1. The first-order valence-electron chi connectivity index (χ1n) is 11.7. The summed E-state index contributed by atoms with van der Waals surface area (Å²) < 4.78 is 10.4. The van der Waals surface area contributed by atoms with Gasteiger partial charge >= 0.3 is 6.03 Å². The molecule has 4 rings (SSSR count). The monoisotopic (exact) mass is 467 g/mol. The molecule has 182 valence electrons. The van der Waals surface area contributed by atoms with Crippen molar-refractivity contribution < 1.29 is 24.2 Å². The van der Waals surface area contributed by atoms with Crippen LogP contribution in [0.2, 0.25) is 0 Å². The summed E-state index contributed by atoms with van der Waals surface area (Å²) in [5.74, 6) is 0.886. The Bertz CT molecular complexity index is 985. The molecule has 2 heterocycles. The van der Waals surface area contributed by atoms with Crippen molar-refractivity contribution in [1.82, 2.24) is 14.7 Å². The van der Waals surface area contributed by atoms with E-state index < -0.39 is 5.54 Å². The van der Waals surface area contributed by atoms with Crippen LogP contribution in [0.15, 0.2) is 48.5 Å². The molecule has 2 fully saturated rings. The fourth-order valence-corrected chi connectivity index (χ4v) is 4.94. The van der Waals surface area contributed by atoms with E-state index in [9.17, 15) is 14.7 Å². The van der Waals surface area contributed by atoms with E-state index in [-0.39, 0.29) is 24.2 Å². The van der Waals surface area contributed by atoms with E-state index in [1.54, 1.807) is 31.3 Å². The average molecular weight is 468 g/mol. The normalized spacial score (nSPS) is 18.2. The highest BCUT2D eigenvalue weighted by molar-refractivity contribution is 6.07. The van der Waals surface area contributed by atoms with Crippen LogP contribution in [0.4, 0.5) is 4.79 Å². The Morgan fingerprint density at radius 3 is 2.15 bits per heavy atom. The zero-order valence-electron chi connectivity index (χ0n) is 19.9. The number of phenolic OH excluding ortho intramolecular Hbond substituents is 1. The van der Waals surface area contributed by atoms with E-state index in [1.807, 2.05) is 36.4 Å². The molecule has 34 heavy (non-hydrogen) atoms. The van der Waals surface area contributed by atoms with Crippen LogP contribution in [0.1, 0.15) is 30.4 Å². The second-order valence-corrected chi connectivity index (χ2v) is 8.99. The lowest BCUT2D eigenvalue weighted by molar-refractivity contribution is -0.136. The number of benzene rings is 2. The molecule has 8 nitrogen and oxygen atoms in total. The molecular formula is C26H33N3O5. The molecular weight excluding hydrogens is 434 g/mol. The Hall–Kier alpha value is -3.10. The van der Waals surface area contributed by atoms with E-state index >= 15 is 0 Å². The number of hydrogen-bond donors (Lipinski definition) is 1. The third-order valence-electron chi connectivity index (χ3n) is 6.88. The summed E-state index contributed by atoms with van der Waals surface area (Å²) in [7, 11) is 3.25. The zero-order chi connectivity index (χ0) is 24.1. The van der Waals surface area contributed by atoms with Crippen LogP contribution in [-0.4, -0.2) is 77.7 Å². The molecule has 3 amide bonds. The SMILES string of the molecule is COCCCN1C(=O)N(Cc2ccc(OC)cc2)C(=O)C12CCN(Cc1ccc(O)cc1)CC2. The minimum Gasteiger partial charge on any atom is -0.508 e. The van der Waals surface area contributed by atoms with Gasteiger partial charge in [-0.05, 0) is 54.7 Å². The number of urea groups is 1. The number of likely N-dealkylation sites (tertiary alicyclic amines) is 1. The maximum Gasteiger partial charge on any atom is 0.327 e. The molecule has 0 aliphatic carbocycles. The summed E-state index contributed by atoms with van der Waals surface area (Å²) in [5.41, 5.74) is 1.20. The number of hydrogen-bond acceptors (Lipinski definition) is 6. The second-order valence-electron chi connectivity index (χ2n) is 8.99. The van der Waals surface area contributed by atoms with Crippen LogP contribution in [0.25, 0.3) is 0 Å². The highest BCUT2D eigenvalue weighted by atomic mass is 16.5. The maximum atomic E-state index is 13.7. The Kier molecular flexibility index (Phi) is 7.38. The minimum absolute atomic E-state index is 0.102. The average Bonchev–Trinajstić information content (AvgIpc) is 3.04. The largest absolute Gasteiger partial charge is 0.508 e. The molecule has 2 saturated heterocycles. The predicted octanol–water partition coefficient (Wildman–Crippen LogP) is 3.24. The van der Waals surface area contributed by atoms with Gasteiger partial charge in [0.05, 0.1) is 13.7 Å². The van der Waals surface area contributed by atoms with Crippen molar-refractivity contribution in [2.24, 2.45) is 0 Å². The molecule has 0 unspecified atom stereocenters. The molecule has 2 aromatic rings. The van der Waals surface area contributed by atoms with Crippen LogP contribution in [-0.2, 0) is 22.6 Å². The summed E-state index contributed by atoms with van der Waals surface area (Å²) in [6, 6.07) is 14.4. The van der Waals surface area contributed by atoms with Crippen LogP contribution < -0.4 is 4.74 Å². The minimum atomic E-state index is -0.803. The zero-order valence-corrected chi connectivity index (χ0v) is 19.9. The lowest BCUT2D eigenvalue weighted by Gasteiger charge is -2.42. The fraction of sp³-hybridized carbons (Fsp3) is 0.462. The van der Waals surface area contributed by atoms with E-state index in [0.29, 0.717) is 32.4 Å². The number of rotatable bonds is 9. The van der Waals surface area contributed by atoms with Gasteiger partial charge in [0.25, 0.3) is 5.91 Å². The number of carbonyl (C=O) groups excluding carboxylic acids is 2. The molecule has 0 aromatic heterocycles. The molecule has 0 radical (unpaired) electrons. The molecule has 8 heteroatoms. The van der Waals surface area contributed by atoms with E-state index in [0.717, 1.165) is 36.5 Å². The highest BCUT2D eigenvalue weighted by Crippen LogP contribution is 2.38. The summed E-state index contributed by atoms with van der Waals surface area (Å²) in [6.07, 6.45) is 1.88. The van der Waals surface area contributed by atoms with Crippen LogP contribution in [0.5, 0.6) is 11.5 Å². The van der Waals surface area contributed by atoms with Crippen LogP contribution >= 0.6 is 0 Å². The number of piperidine rings is 1. The van der Waals surface area contributed by atoms with Gasteiger partial charge in [-0.15, -0.1) is 0 Å². The summed E-state index contributed by atoms with van der Waals surface area (Å²) in [6.45, 7) is 3.47. The number of methoxy groups -OCH3 is 2. The van der Waals surface area contributed by atoms with Gasteiger partial charge in [0.15, 0.2) is 0 Å².